The van der Waals surface area contributed by atoms with E-state index in [1.54, 1.807) is 0 Å². The van der Waals surface area contributed by atoms with Crippen molar-refractivity contribution in [1.82, 2.24) is 4.90 Å². The molecule has 0 saturated carbocycles. The molecule has 24 heavy (non-hydrogen) atoms. The molecule has 1 fully saturated rings. The first-order valence-electron chi connectivity index (χ1n) is 8.48. The summed E-state index contributed by atoms with van der Waals surface area (Å²) in [6.45, 7) is 1.67. The third-order valence-corrected chi connectivity index (χ3v) is 5.69. The zero-order chi connectivity index (χ0) is 16.8. The topological polar surface area (TPSA) is 46.3 Å². The zero-order valence-corrected chi connectivity index (χ0v) is 14.6. The van der Waals surface area contributed by atoms with Gasteiger partial charge in [-0.2, -0.15) is 0 Å². The average Bonchev–Trinajstić information content (AvgIpc) is 3.10. The van der Waals surface area contributed by atoms with Crippen LogP contribution in [-0.2, 0) is 11.2 Å². The molecule has 3 nitrogen and oxygen atoms in total. The molecule has 0 spiro atoms. The van der Waals surface area contributed by atoms with E-state index in [-0.39, 0.29) is 5.91 Å². The fourth-order valence-electron chi connectivity index (χ4n) is 3.09. The molecule has 0 radical (unpaired) electrons. The molecular formula is C20H24N2OS. The third kappa shape index (κ3) is 4.62. The summed E-state index contributed by atoms with van der Waals surface area (Å²) in [5.41, 5.74) is 7.26. The molecule has 0 unspecified atom stereocenters. The lowest BCUT2D eigenvalue weighted by molar-refractivity contribution is -0.131. The van der Waals surface area contributed by atoms with Crippen molar-refractivity contribution < 1.29 is 4.79 Å². The second kappa shape index (κ2) is 8.36. The number of nitrogens with zero attached hydrogens (tertiary/aromatic N) is 1. The summed E-state index contributed by atoms with van der Waals surface area (Å²) in [4.78, 5) is 15.8. The van der Waals surface area contributed by atoms with Gasteiger partial charge < -0.3 is 10.6 Å². The van der Waals surface area contributed by atoms with Crippen molar-refractivity contribution in [3.05, 3.63) is 66.2 Å². The number of nitrogens with two attached hydrogens (primary N) is 1. The quantitative estimate of drug-likeness (QED) is 0.822. The standard InChI is InChI=1S/C20H24N2OS/c21-19(13-16-7-3-1-4-8-16)20(23)22-12-11-17(14-22)15-24-18-9-5-2-6-10-18/h1-10,17,19H,11-15,21H2/t17-,19+/m1/s1. The summed E-state index contributed by atoms with van der Waals surface area (Å²) < 4.78 is 0. The average molecular weight is 340 g/mol. The molecule has 2 atom stereocenters. The number of benzene rings is 2. The molecule has 1 heterocycles. The van der Waals surface area contributed by atoms with Gasteiger partial charge in [0.15, 0.2) is 0 Å². The number of likely N-dealkylation sites (tertiary alicyclic amines) is 1. The Balaban J connectivity index is 1.47. The molecule has 4 heteroatoms. The predicted molar refractivity (Wildman–Crippen MR) is 100.0 cm³/mol. The summed E-state index contributed by atoms with van der Waals surface area (Å²) in [7, 11) is 0. The Labute approximate surface area is 148 Å². The van der Waals surface area contributed by atoms with Gasteiger partial charge in [-0.3, -0.25) is 4.79 Å². The second-order valence-electron chi connectivity index (χ2n) is 6.36. The highest BCUT2D eigenvalue weighted by atomic mass is 32.2. The van der Waals surface area contributed by atoms with Gasteiger partial charge >= 0.3 is 0 Å². The van der Waals surface area contributed by atoms with Gasteiger partial charge in [-0.15, -0.1) is 11.8 Å². The first kappa shape index (κ1) is 17.1. The van der Waals surface area contributed by atoms with Crippen molar-refractivity contribution in [2.75, 3.05) is 18.8 Å². The molecule has 126 valence electrons. The van der Waals surface area contributed by atoms with Crippen LogP contribution in [0.5, 0.6) is 0 Å². The number of hydrogen-bond acceptors (Lipinski definition) is 3. The maximum absolute atomic E-state index is 12.6. The van der Waals surface area contributed by atoms with Gasteiger partial charge in [0.1, 0.15) is 0 Å². The van der Waals surface area contributed by atoms with Crippen LogP contribution in [0.4, 0.5) is 0 Å². The van der Waals surface area contributed by atoms with E-state index >= 15 is 0 Å². The first-order chi connectivity index (χ1) is 11.7. The van der Waals surface area contributed by atoms with Crippen molar-refractivity contribution in [2.24, 2.45) is 11.7 Å². The highest BCUT2D eigenvalue weighted by Gasteiger charge is 2.29. The highest BCUT2D eigenvalue weighted by molar-refractivity contribution is 7.99. The van der Waals surface area contributed by atoms with Crippen LogP contribution in [0.3, 0.4) is 0 Å². The summed E-state index contributed by atoms with van der Waals surface area (Å²) in [6, 6.07) is 20.0. The van der Waals surface area contributed by atoms with Crippen molar-refractivity contribution in [3.63, 3.8) is 0 Å². The van der Waals surface area contributed by atoms with Crippen molar-refractivity contribution in [3.8, 4) is 0 Å². The maximum atomic E-state index is 12.6. The highest BCUT2D eigenvalue weighted by Crippen LogP contribution is 2.26. The predicted octanol–water partition coefficient (Wildman–Crippen LogP) is 3.20. The largest absolute Gasteiger partial charge is 0.341 e. The molecule has 1 saturated heterocycles. The number of rotatable bonds is 6. The Morgan fingerprint density at radius 3 is 2.50 bits per heavy atom. The molecule has 0 aromatic heterocycles. The van der Waals surface area contributed by atoms with E-state index < -0.39 is 6.04 Å². The minimum atomic E-state index is -0.437. The minimum Gasteiger partial charge on any atom is -0.341 e. The lowest BCUT2D eigenvalue weighted by Crippen LogP contribution is -2.44. The Bertz CT molecular complexity index is 647. The molecule has 1 amide bonds. The van der Waals surface area contributed by atoms with Gasteiger partial charge in [0.25, 0.3) is 0 Å². The summed E-state index contributed by atoms with van der Waals surface area (Å²) in [5.74, 6) is 1.70. The Morgan fingerprint density at radius 2 is 1.79 bits per heavy atom. The zero-order valence-electron chi connectivity index (χ0n) is 13.8. The van der Waals surface area contributed by atoms with Crippen LogP contribution in [0.1, 0.15) is 12.0 Å². The van der Waals surface area contributed by atoms with Crippen LogP contribution in [0, 0.1) is 5.92 Å². The van der Waals surface area contributed by atoms with Crippen molar-refractivity contribution in [2.45, 2.75) is 23.8 Å². The lowest BCUT2D eigenvalue weighted by atomic mass is 10.1. The lowest BCUT2D eigenvalue weighted by Gasteiger charge is -2.21. The number of hydrogen-bond donors (Lipinski definition) is 1. The van der Waals surface area contributed by atoms with E-state index in [1.165, 1.54) is 4.90 Å². The Hall–Kier alpha value is -1.78. The molecule has 2 aromatic rings. The Kier molecular flexibility index (Phi) is 5.94. The summed E-state index contributed by atoms with van der Waals surface area (Å²) in [5, 5.41) is 0. The van der Waals surface area contributed by atoms with E-state index in [0.717, 1.165) is 30.8 Å². The van der Waals surface area contributed by atoms with E-state index in [4.69, 9.17) is 5.73 Å². The second-order valence-corrected chi connectivity index (χ2v) is 7.45. The van der Waals surface area contributed by atoms with Crippen LogP contribution in [0.2, 0.25) is 0 Å². The molecule has 2 aromatic carbocycles. The molecule has 0 aliphatic carbocycles. The van der Waals surface area contributed by atoms with Crippen LogP contribution >= 0.6 is 11.8 Å². The van der Waals surface area contributed by atoms with E-state index in [0.29, 0.717) is 12.3 Å². The van der Waals surface area contributed by atoms with Gasteiger partial charge in [0.2, 0.25) is 5.91 Å². The SMILES string of the molecule is N[C@@H](Cc1ccccc1)C(=O)N1CC[C@@H](CSc2ccccc2)C1. The third-order valence-electron chi connectivity index (χ3n) is 4.44. The van der Waals surface area contributed by atoms with E-state index in [2.05, 4.69) is 24.3 Å². The Morgan fingerprint density at radius 1 is 1.12 bits per heavy atom. The molecule has 1 aliphatic heterocycles. The van der Waals surface area contributed by atoms with Crippen LogP contribution in [0.25, 0.3) is 0 Å². The molecule has 2 N–H and O–H groups in total. The minimum absolute atomic E-state index is 0.0889. The van der Waals surface area contributed by atoms with Crippen LogP contribution < -0.4 is 5.73 Å². The number of amides is 1. The van der Waals surface area contributed by atoms with E-state index in [1.807, 2.05) is 53.1 Å². The number of carbonyl (C=O) groups excluding carboxylic acids is 1. The molecular weight excluding hydrogens is 316 g/mol. The van der Waals surface area contributed by atoms with Crippen molar-refractivity contribution in [1.29, 1.82) is 0 Å². The maximum Gasteiger partial charge on any atom is 0.239 e. The summed E-state index contributed by atoms with van der Waals surface area (Å²) >= 11 is 1.87. The van der Waals surface area contributed by atoms with Gasteiger partial charge in [-0.25, -0.2) is 0 Å². The first-order valence-corrected chi connectivity index (χ1v) is 9.47. The van der Waals surface area contributed by atoms with Crippen LogP contribution in [0.15, 0.2) is 65.6 Å². The monoisotopic (exact) mass is 340 g/mol. The molecule has 1 aliphatic rings. The fourth-order valence-corrected chi connectivity index (χ4v) is 4.14. The number of thioether (sulfide) groups is 1. The molecule has 3 rings (SSSR count). The number of carbonyl (C=O) groups is 1. The van der Waals surface area contributed by atoms with Gasteiger partial charge in [0, 0.05) is 23.7 Å². The van der Waals surface area contributed by atoms with Crippen LogP contribution in [-0.4, -0.2) is 35.7 Å². The normalized spacial score (nSPS) is 18.5. The van der Waals surface area contributed by atoms with Gasteiger partial charge in [0.05, 0.1) is 6.04 Å². The van der Waals surface area contributed by atoms with Crippen molar-refractivity contribution >= 4 is 17.7 Å². The fraction of sp³-hybridized carbons (Fsp3) is 0.350. The smallest absolute Gasteiger partial charge is 0.239 e. The summed E-state index contributed by atoms with van der Waals surface area (Å²) in [6.07, 6.45) is 1.68. The molecule has 0 bridgehead atoms. The van der Waals surface area contributed by atoms with Gasteiger partial charge in [-0.1, -0.05) is 48.5 Å². The van der Waals surface area contributed by atoms with E-state index in [9.17, 15) is 4.79 Å². The van der Waals surface area contributed by atoms with Gasteiger partial charge in [-0.05, 0) is 36.5 Å².